The first kappa shape index (κ1) is 25.8. The minimum Gasteiger partial charge on any atom is -0.507 e. The summed E-state index contributed by atoms with van der Waals surface area (Å²) in [5.74, 6) is -2.24. The third-order valence-electron chi connectivity index (χ3n) is 5.93. The summed E-state index contributed by atoms with van der Waals surface area (Å²) in [5, 5.41) is 20.6. The van der Waals surface area contributed by atoms with Gasteiger partial charge in [0.05, 0.1) is 36.8 Å². The molecule has 3 aromatic rings. The number of ether oxygens (including phenoxy) is 2. The van der Waals surface area contributed by atoms with Crippen LogP contribution in [0.5, 0.6) is 11.5 Å². The molecule has 0 spiro atoms. The van der Waals surface area contributed by atoms with Crippen LogP contribution in [0.1, 0.15) is 29.7 Å². The van der Waals surface area contributed by atoms with Gasteiger partial charge in [-0.15, -0.1) is 0 Å². The highest BCUT2D eigenvalue weighted by Gasteiger charge is 2.47. The second-order valence-electron chi connectivity index (χ2n) is 8.26. The van der Waals surface area contributed by atoms with Crippen molar-refractivity contribution >= 4 is 40.7 Å². The van der Waals surface area contributed by atoms with E-state index in [-0.39, 0.29) is 22.6 Å². The third kappa shape index (κ3) is 5.15. The van der Waals surface area contributed by atoms with E-state index in [2.05, 4.69) is 0 Å². The fraction of sp³-hybridized carbons (Fsp3) is 0.179. The Labute approximate surface area is 218 Å². The van der Waals surface area contributed by atoms with Crippen molar-refractivity contribution in [2.24, 2.45) is 0 Å². The first-order chi connectivity index (χ1) is 17.7. The van der Waals surface area contributed by atoms with Crippen molar-refractivity contribution in [3.8, 4) is 11.5 Å². The van der Waals surface area contributed by atoms with Gasteiger partial charge < -0.3 is 19.7 Å². The molecule has 0 bridgehead atoms. The number of anilines is 1. The van der Waals surface area contributed by atoms with Crippen molar-refractivity contribution in [2.45, 2.75) is 19.4 Å². The number of halogens is 1. The van der Waals surface area contributed by atoms with Crippen LogP contribution >= 0.6 is 11.6 Å². The quantitative estimate of drug-likeness (QED) is 0.243. The zero-order chi connectivity index (χ0) is 26.7. The number of aliphatic hydroxyl groups excluding tert-OH is 1. The van der Waals surface area contributed by atoms with Gasteiger partial charge in [-0.1, -0.05) is 35.9 Å². The lowest BCUT2D eigenvalue weighted by Crippen LogP contribution is -2.29. The summed E-state index contributed by atoms with van der Waals surface area (Å²) >= 11 is 6.38. The van der Waals surface area contributed by atoms with Crippen LogP contribution in [-0.2, 0) is 20.8 Å². The molecule has 1 amide bonds. The molecule has 8 nitrogen and oxygen atoms in total. The van der Waals surface area contributed by atoms with Crippen molar-refractivity contribution in [1.82, 2.24) is 0 Å². The van der Waals surface area contributed by atoms with E-state index in [0.717, 1.165) is 0 Å². The Bertz CT molecular complexity index is 1400. The Hall–Kier alpha value is -4.30. The molecule has 1 fully saturated rings. The number of hydrogen-bond acceptors (Lipinski definition) is 6. The van der Waals surface area contributed by atoms with E-state index in [1.807, 2.05) is 6.92 Å². The highest BCUT2D eigenvalue weighted by atomic mass is 35.5. The minimum atomic E-state index is -1.01. The summed E-state index contributed by atoms with van der Waals surface area (Å²) in [5.41, 5.74) is 1.41. The smallest absolute Gasteiger partial charge is 0.307 e. The van der Waals surface area contributed by atoms with Crippen molar-refractivity contribution in [3.63, 3.8) is 0 Å². The summed E-state index contributed by atoms with van der Waals surface area (Å²) < 4.78 is 10.9. The molecule has 1 heterocycles. The lowest BCUT2D eigenvalue weighted by atomic mass is 9.94. The SMILES string of the molecule is CCOc1ccc(Cl)c(/C(O)=C2\C(=O)C(=O)N(c3ccc(CC(=O)O)cc3)C2c2cccc(OC)c2)c1. The Morgan fingerprint density at radius 3 is 2.38 bits per heavy atom. The normalized spacial score (nSPS) is 16.6. The molecule has 0 saturated carbocycles. The minimum absolute atomic E-state index is 0.148. The van der Waals surface area contributed by atoms with Crippen LogP contribution in [0.25, 0.3) is 5.76 Å². The number of carbonyl (C=O) groups is 3. The van der Waals surface area contributed by atoms with E-state index >= 15 is 0 Å². The van der Waals surface area contributed by atoms with Crippen molar-refractivity contribution < 1.29 is 34.1 Å². The number of aliphatic carboxylic acids is 1. The zero-order valence-electron chi connectivity index (χ0n) is 20.1. The van der Waals surface area contributed by atoms with Gasteiger partial charge in [0, 0.05) is 11.3 Å². The highest BCUT2D eigenvalue weighted by molar-refractivity contribution is 6.52. The van der Waals surface area contributed by atoms with Gasteiger partial charge in [0.25, 0.3) is 11.7 Å². The molecule has 9 heteroatoms. The highest BCUT2D eigenvalue weighted by Crippen LogP contribution is 2.44. The number of hydrogen-bond donors (Lipinski definition) is 2. The molecule has 3 aromatic carbocycles. The van der Waals surface area contributed by atoms with Crippen LogP contribution in [0.4, 0.5) is 5.69 Å². The van der Waals surface area contributed by atoms with Crippen molar-refractivity contribution in [2.75, 3.05) is 18.6 Å². The van der Waals surface area contributed by atoms with E-state index in [9.17, 15) is 19.5 Å². The molecule has 0 aliphatic carbocycles. The van der Waals surface area contributed by atoms with E-state index < -0.39 is 29.5 Å². The molecule has 0 aromatic heterocycles. The standard InChI is InChI=1S/C28H24ClNO7/c1-3-37-20-11-12-22(29)21(15-20)26(33)24-25(17-5-4-6-19(14-17)36-2)30(28(35)27(24)34)18-9-7-16(8-10-18)13-23(31)32/h4-12,14-15,25,33H,3,13H2,1-2H3,(H,31,32)/b26-24+. The number of aliphatic hydroxyl groups is 1. The van der Waals surface area contributed by atoms with Crippen LogP contribution in [0, 0.1) is 0 Å². The molecule has 1 atom stereocenters. The summed E-state index contributed by atoms with van der Waals surface area (Å²) in [7, 11) is 1.50. The number of nitrogens with zero attached hydrogens (tertiary/aromatic N) is 1. The molecule has 1 saturated heterocycles. The maximum Gasteiger partial charge on any atom is 0.307 e. The first-order valence-electron chi connectivity index (χ1n) is 11.4. The molecule has 1 unspecified atom stereocenters. The summed E-state index contributed by atoms with van der Waals surface area (Å²) in [6.07, 6.45) is -0.187. The third-order valence-corrected chi connectivity index (χ3v) is 6.26. The molecule has 2 N–H and O–H groups in total. The van der Waals surface area contributed by atoms with Crippen LogP contribution < -0.4 is 14.4 Å². The van der Waals surface area contributed by atoms with Crippen LogP contribution in [-0.4, -0.2) is 41.6 Å². The predicted octanol–water partition coefficient (Wildman–Crippen LogP) is 5.00. The van der Waals surface area contributed by atoms with Gasteiger partial charge >= 0.3 is 5.97 Å². The first-order valence-corrected chi connectivity index (χ1v) is 11.8. The molecule has 190 valence electrons. The largest absolute Gasteiger partial charge is 0.507 e. The molecule has 0 radical (unpaired) electrons. The van der Waals surface area contributed by atoms with Gasteiger partial charge in [-0.25, -0.2) is 0 Å². The van der Waals surface area contributed by atoms with E-state index in [0.29, 0.717) is 34.9 Å². The maximum atomic E-state index is 13.4. The summed E-state index contributed by atoms with van der Waals surface area (Å²) in [6.45, 7) is 2.19. The number of amides is 1. The van der Waals surface area contributed by atoms with E-state index in [1.54, 1.807) is 60.7 Å². The zero-order valence-corrected chi connectivity index (χ0v) is 20.9. The number of rotatable bonds is 8. The Kier molecular flexibility index (Phi) is 7.50. The lowest BCUT2D eigenvalue weighted by molar-refractivity contribution is -0.136. The Morgan fingerprint density at radius 1 is 1.00 bits per heavy atom. The average Bonchev–Trinajstić information content (AvgIpc) is 3.15. The van der Waals surface area contributed by atoms with Crippen LogP contribution in [0.15, 0.2) is 72.3 Å². The van der Waals surface area contributed by atoms with Gasteiger partial charge in [-0.2, -0.15) is 0 Å². The molecular formula is C28H24ClNO7. The second-order valence-corrected chi connectivity index (χ2v) is 8.66. The number of ketones is 1. The number of carbonyl (C=O) groups excluding carboxylic acids is 2. The fourth-order valence-electron chi connectivity index (χ4n) is 4.26. The van der Waals surface area contributed by atoms with Gasteiger partial charge in [-0.05, 0) is 60.5 Å². The average molecular weight is 522 g/mol. The molecule has 1 aliphatic rings. The van der Waals surface area contributed by atoms with Gasteiger partial charge in [0.2, 0.25) is 0 Å². The van der Waals surface area contributed by atoms with E-state index in [4.69, 9.17) is 26.2 Å². The van der Waals surface area contributed by atoms with Crippen LogP contribution in [0.2, 0.25) is 5.02 Å². The lowest BCUT2D eigenvalue weighted by Gasteiger charge is -2.26. The molecule has 37 heavy (non-hydrogen) atoms. The second kappa shape index (κ2) is 10.8. The number of carboxylic acid groups (broad SMARTS) is 1. The number of benzene rings is 3. The van der Waals surface area contributed by atoms with Gasteiger partial charge in [0.15, 0.2) is 0 Å². The summed E-state index contributed by atoms with van der Waals surface area (Å²) in [4.78, 5) is 39.1. The topological polar surface area (TPSA) is 113 Å². The van der Waals surface area contributed by atoms with Gasteiger partial charge in [-0.3, -0.25) is 19.3 Å². The fourth-order valence-corrected chi connectivity index (χ4v) is 4.47. The monoisotopic (exact) mass is 521 g/mol. The number of methoxy groups -OCH3 is 1. The predicted molar refractivity (Wildman–Crippen MR) is 138 cm³/mol. The summed E-state index contributed by atoms with van der Waals surface area (Å²) in [6, 6.07) is 16.8. The number of carboxylic acids is 1. The number of Topliss-reactive ketones (excluding diaryl/α,β-unsaturated/α-hetero) is 1. The van der Waals surface area contributed by atoms with Crippen molar-refractivity contribution in [3.05, 3.63) is 94.0 Å². The van der Waals surface area contributed by atoms with Crippen molar-refractivity contribution in [1.29, 1.82) is 0 Å². The van der Waals surface area contributed by atoms with Crippen LogP contribution in [0.3, 0.4) is 0 Å². The van der Waals surface area contributed by atoms with E-state index in [1.165, 1.54) is 18.1 Å². The molecule has 1 aliphatic heterocycles. The molecular weight excluding hydrogens is 498 g/mol. The maximum absolute atomic E-state index is 13.4. The Balaban J connectivity index is 1.91. The molecule has 4 rings (SSSR count). The van der Waals surface area contributed by atoms with Gasteiger partial charge in [0.1, 0.15) is 17.3 Å². The Morgan fingerprint density at radius 2 is 1.73 bits per heavy atom.